The van der Waals surface area contributed by atoms with Gasteiger partial charge in [-0.25, -0.2) is 0 Å². The van der Waals surface area contributed by atoms with Crippen LogP contribution in [0.15, 0.2) is 48.5 Å². The van der Waals surface area contributed by atoms with Gasteiger partial charge in [-0.1, -0.05) is 37.3 Å². The Morgan fingerprint density at radius 3 is 2.63 bits per heavy atom. The lowest BCUT2D eigenvalue weighted by molar-refractivity contribution is 0.0481. The fourth-order valence-electron chi connectivity index (χ4n) is 5.24. The van der Waals surface area contributed by atoms with Crippen molar-refractivity contribution >= 4 is 54.1 Å². The van der Waals surface area contributed by atoms with Gasteiger partial charge >= 0.3 is 0 Å². The molecule has 1 aromatic heterocycles. The Morgan fingerprint density at radius 1 is 0.967 bits per heavy atom. The number of rotatable bonds is 3. The monoisotopic (exact) mass is 414 g/mol. The Morgan fingerprint density at radius 2 is 1.77 bits per heavy atom. The second-order valence-corrected chi connectivity index (χ2v) is 9.38. The molecule has 0 spiro atoms. The van der Waals surface area contributed by atoms with Crippen LogP contribution in [0, 0.1) is 0 Å². The van der Waals surface area contributed by atoms with E-state index in [2.05, 4.69) is 24.0 Å². The summed E-state index contributed by atoms with van der Waals surface area (Å²) >= 11 is 1.73. The van der Waals surface area contributed by atoms with Crippen molar-refractivity contribution in [3.63, 3.8) is 0 Å². The number of carbonyl (C=O) groups is 2. The highest BCUT2D eigenvalue weighted by Crippen LogP contribution is 2.42. The maximum absolute atomic E-state index is 13.6. The van der Waals surface area contributed by atoms with Crippen molar-refractivity contribution in [2.45, 2.75) is 32.2 Å². The van der Waals surface area contributed by atoms with Crippen LogP contribution in [0.4, 0.5) is 0 Å². The molecule has 0 saturated carbocycles. The number of hydrogen-bond donors (Lipinski definition) is 0. The second-order valence-electron chi connectivity index (χ2n) is 8.32. The van der Waals surface area contributed by atoms with Crippen LogP contribution in [0.5, 0.6) is 0 Å². The number of benzene rings is 3. The Hall–Kier alpha value is -2.76. The van der Waals surface area contributed by atoms with Crippen LogP contribution in [-0.4, -0.2) is 40.9 Å². The molecule has 2 aliphatic heterocycles. The molecule has 3 heterocycles. The van der Waals surface area contributed by atoms with E-state index in [0.29, 0.717) is 23.8 Å². The lowest BCUT2D eigenvalue weighted by Gasteiger charge is -2.33. The van der Waals surface area contributed by atoms with Gasteiger partial charge in [0.1, 0.15) is 0 Å². The van der Waals surface area contributed by atoms with E-state index >= 15 is 0 Å². The average molecular weight is 415 g/mol. The predicted octanol–water partition coefficient (Wildman–Crippen LogP) is 5.64. The number of thiophene rings is 1. The molecule has 6 rings (SSSR count). The van der Waals surface area contributed by atoms with Gasteiger partial charge in [-0.2, -0.15) is 0 Å². The van der Waals surface area contributed by atoms with E-state index < -0.39 is 0 Å². The zero-order valence-corrected chi connectivity index (χ0v) is 17.7. The van der Waals surface area contributed by atoms with Gasteiger partial charge in [-0.3, -0.25) is 19.4 Å². The summed E-state index contributed by atoms with van der Waals surface area (Å²) < 4.78 is 2.35. The van der Waals surface area contributed by atoms with Crippen molar-refractivity contribution in [1.29, 1.82) is 0 Å². The molecular formula is C25H22N2O2S. The molecule has 1 fully saturated rings. The smallest absolute Gasteiger partial charge is 0.262 e. The fourth-order valence-corrected chi connectivity index (χ4v) is 6.45. The average Bonchev–Trinajstić information content (AvgIpc) is 3.38. The zero-order chi connectivity index (χ0) is 20.4. The third-order valence-corrected chi connectivity index (χ3v) is 7.97. The van der Waals surface area contributed by atoms with Gasteiger partial charge in [-0.15, -0.1) is 11.3 Å². The van der Waals surface area contributed by atoms with Crippen molar-refractivity contribution in [2.24, 2.45) is 0 Å². The largest absolute Gasteiger partial charge is 0.283 e. The van der Waals surface area contributed by atoms with Crippen LogP contribution >= 0.6 is 11.3 Å². The molecule has 4 nitrogen and oxygen atoms in total. The fraction of sp³-hybridized carbons (Fsp3) is 0.280. The summed E-state index contributed by atoms with van der Waals surface area (Å²) in [6.07, 6.45) is 3.31. The highest BCUT2D eigenvalue weighted by atomic mass is 32.1. The van der Waals surface area contributed by atoms with Crippen LogP contribution < -0.4 is 0 Å². The number of likely N-dealkylation sites (tertiary alicyclic amines) is 1. The third kappa shape index (κ3) is 2.42. The molecule has 2 aliphatic rings. The van der Waals surface area contributed by atoms with Crippen molar-refractivity contribution in [3.8, 4) is 0 Å². The summed E-state index contributed by atoms with van der Waals surface area (Å²) in [4.78, 5) is 30.7. The van der Waals surface area contributed by atoms with Gasteiger partial charge in [0.05, 0.1) is 6.67 Å². The first-order valence-electron chi connectivity index (χ1n) is 10.6. The minimum atomic E-state index is -0.166. The zero-order valence-electron chi connectivity index (χ0n) is 16.9. The first-order chi connectivity index (χ1) is 14.7. The maximum atomic E-state index is 13.6. The minimum Gasteiger partial charge on any atom is -0.283 e. The van der Waals surface area contributed by atoms with Crippen LogP contribution in [0.25, 0.3) is 30.9 Å². The highest BCUT2D eigenvalue weighted by molar-refractivity contribution is 7.26. The van der Waals surface area contributed by atoms with Crippen LogP contribution in [0.3, 0.4) is 0 Å². The van der Waals surface area contributed by atoms with Crippen LogP contribution in [0.1, 0.15) is 46.9 Å². The second kappa shape index (κ2) is 6.62. The van der Waals surface area contributed by atoms with Gasteiger partial charge in [-0.05, 0) is 37.5 Å². The lowest BCUT2D eigenvalue weighted by Crippen LogP contribution is -2.48. The molecular weight excluding hydrogens is 392 g/mol. The summed E-state index contributed by atoms with van der Waals surface area (Å²) in [7, 11) is 0. The highest BCUT2D eigenvalue weighted by Gasteiger charge is 2.36. The summed E-state index contributed by atoms with van der Waals surface area (Å²) in [5, 5.41) is 4.10. The molecule has 30 heavy (non-hydrogen) atoms. The standard InChI is InChI=1S/C25H22N2O2S/c1-2-15-7-6-12-26(15)14-27-24(28)18-10-5-9-17-22(18)20(25(27)29)13-19-16-8-3-4-11-21(16)30-23(17)19/h3-5,8-11,13,15H,2,6-7,12,14H2,1H3/t15-/m1/s1. The van der Waals surface area contributed by atoms with E-state index in [1.165, 1.54) is 15.0 Å². The lowest BCUT2D eigenvalue weighted by atomic mass is 9.92. The van der Waals surface area contributed by atoms with E-state index in [0.717, 1.165) is 46.7 Å². The first kappa shape index (κ1) is 18.0. The third-order valence-electron chi connectivity index (χ3n) is 6.75. The van der Waals surface area contributed by atoms with E-state index in [4.69, 9.17) is 0 Å². The Bertz CT molecular complexity index is 1360. The molecule has 0 aliphatic carbocycles. The van der Waals surface area contributed by atoms with Gasteiger partial charge in [0.2, 0.25) is 0 Å². The predicted molar refractivity (Wildman–Crippen MR) is 122 cm³/mol. The number of hydrogen-bond acceptors (Lipinski definition) is 4. The molecule has 0 unspecified atom stereocenters. The number of amides is 2. The summed E-state index contributed by atoms with van der Waals surface area (Å²) in [5.41, 5.74) is 1.30. The Balaban J connectivity index is 1.56. The quantitative estimate of drug-likeness (QED) is 0.408. The SMILES string of the molecule is CC[C@@H]1CCCN1CN1C(=O)c2cccc3c2c(cc2c4ccccc4sc32)C1=O. The first-order valence-corrected chi connectivity index (χ1v) is 11.5. The molecule has 3 aromatic carbocycles. The van der Waals surface area contributed by atoms with Gasteiger partial charge in [0, 0.05) is 54.7 Å². The summed E-state index contributed by atoms with van der Waals surface area (Å²) in [6.45, 7) is 3.51. The van der Waals surface area contributed by atoms with Gasteiger partial charge in [0.15, 0.2) is 0 Å². The number of nitrogens with zero attached hydrogens (tertiary/aromatic N) is 2. The number of carbonyl (C=O) groups excluding carboxylic acids is 2. The van der Waals surface area contributed by atoms with Crippen LogP contribution in [0.2, 0.25) is 0 Å². The molecule has 1 atom stereocenters. The van der Waals surface area contributed by atoms with Crippen molar-refractivity contribution in [3.05, 3.63) is 59.7 Å². The number of fused-ring (bicyclic) bond motifs is 4. The number of imide groups is 1. The van der Waals surface area contributed by atoms with Crippen LogP contribution in [-0.2, 0) is 0 Å². The van der Waals surface area contributed by atoms with Crippen molar-refractivity contribution in [1.82, 2.24) is 9.80 Å². The van der Waals surface area contributed by atoms with E-state index in [1.807, 2.05) is 36.4 Å². The van der Waals surface area contributed by atoms with E-state index in [9.17, 15) is 9.59 Å². The molecule has 4 aromatic rings. The molecule has 5 heteroatoms. The minimum absolute atomic E-state index is 0.164. The summed E-state index contributed by atoms with van der Waals surface area (Å²) in [6, 6.07) is 16.6. The summed E-state index contributed by atoms with van der Waals surface area (Å²) in [5.74, 6) is -0.331. The molecule has 0 radical (unpaired) electrons. The van der Waals surface area contributed by atoms with Gasteiger partial charge < -0.3 is 0 Å². The Kier molecular flexibility index (Phi) is 3.98. The normalized spacial score (nSPS) is 19.6. The molecule has 150 valence electrons. The Labute approximate surface area is 178 Å². The van der Waals surface area contributed by atoms with E-state index in [1.54, 1.807) is 11.3 Å². The molecule has 0 bridgehead atoms. The van der Waals surface area contributed by atoms with Gasteiger partial charge in [0.25, 0.3) is 11.8 Å². The van der Waals surface area contributed by atoms with Crippen molar-refractivity contribution in [2.75, 3.05) is 13.2 Å². The molecule has 0 N–H and O–H groups in total. The topological polar surface area (TPSA) is 40.6 Å². The molecule has 1 saturated heterocycles. The maximum Gasteiger partial charge on any atom is 0.262 e. The van der Waals surface area contributed by atoms with Crippen molar-refractivity contribution < 1.29 is 9.59 Å². The van der Waals surface area contributed by atoms with E-state index in [-0.39, 0.29) is 11.8 Å². The molecule has 2 amide bonds.